The first-order chi connectivity index (χ1) is 9.29. The Morgan fingerprint density at radius 1 is 1.20 bits per heavy atom. The molecule has 0 saturated carbocycles. The van der Waals surface area contributed by atoms with Crippen LogP contribution in [-0.2, 0) is 11.8 Å². The van der Waals surface area contributed by atoms with Gasteiger partial charge in [0.2, 0.25) is 5.28 Å². The Morgan fingerprint density at radius 3 is 2.35 bits per heavy atom. The molecule has 1 aromatic heterocycles. The maximum atomic E-state index is 12.9. The minimum Gasteiger partial charge on any atom is -0.298 e. The van der Waals surface area contributed by atoms with E-state index in [1.54, 1.807) is 12.1 Å². The summed E-state index contributed by atoms with van der Waals surface area (Å²) in [4.78, 5) is 0. The van der Waals surface area contributed by atoms with E-state index < -0.39 is 0 Å². The summed E-state index contributed by atoms with van der Waals surface area (Å²) in [5, 5.41) is 8.56. The summed E-state index contributed by atoms with van der Waals surface area (Å²) in [5.74, 6) is 0.635. The predicted octanol–water partition coefficient (Wildman–Crippen LogP) is 4.17. The number of benzene rings is 1. The van der Waals surface area contributed by atoms with Crippen LogP contribution >= 0.6 is 11.6 Å². The summed E-state index contributed by atoms with van der Waals surface area (Å²) in [5.41, 5.74) is 0.931. The average molecular weight is 296 g/mol. The highest BCUT2D eigenvalue weighted by Gasteiger charge is 2.25. The molecule has 0 spiro atoms. The van der Waals surface area contributed by atoms with Crippen LogP contribution in [-0.4, -0.2) is 14.8 Å². The molecule has 0 aliphatic carbocycles. The van der Waals surface area contributed by atoms with Crippen molar-refractivity contribution in [2.24, 2.45) is 0 Å². The number of halogens is 2. The van der Waals surface area contributed by atoms with Crippen molar-refractivity contribution in [3.05, 3.63) is 46.8 Å². The molecule has 0 amide bonds. The van der Waals surface area contributed by atoms with E-state index in [1.165, 1.54) is 12.1 Å². The molecule has 20 heavy (non-hydrogen) atoms. The lowest BCUT2D eigenvalue weighted by atomic mass is 9.95. The summed E-state index contributed by atoms with van der Waals surface area (Å²) in [7, 11) is 0. The Morgan fingerprint density at radius 2 is 1.80 bits per heavy atom. The third kappa shape index (κ3) is 3.18. The van der Waals surface area contributed by atoms with Gasteiger partial charge in [0.1, 0.15) is 11.6 Å². The average Bonchev–Trinajstić information content (AvgIpc) is 2.74. The van der Waals surface area contributed by atoms with Gasteiger partial charge in [0, 0.05) is 11.5 Å². The number of nitrogens with zero attached hydrogens (tertiary/aromatic N) is 3. The molecule has 1 unspecified atom stereocenters. The fourth-order valence-corrected chi connectivity index (χ4v) is 2.51. The normalized spacial score (nSPS) is 13.5. The van der Waals surface area contributed by atoms with Crippen LogP contribution in [0, 0.1) is 5.82 Å². The van der Waals surface area contributed by atoms with E-state index in [1.807, 2.05) is 4.57 Å². The summed E-state index contributed by atoms with van der Waals surface area (Å²) < 4.78 is 14.9. The first kappa shape index (κ1) is 15.0. The molecule has 0 fully saturated rings. The van der Waals surface area contributed by atoms with E-state index >= 15 is 0 Å². The molecule has 0 aliphatic rings. The highest BCUT2D eigenvalue weighted by molar-refractivity contribution is 6.28. The van der Waals surface area contributed by atoms with Crippen molar-refractivity contribution in [1.29, 1.82) is 0 Å². The molecule has 0 saturated heterocycles. The maximum absolute atomic E-state index is 12.9. The van der Waals surface area contributed by atoms with Gasteiger partial charge in [-0.25, -0.2) is 4.39 Å². The van der Waals surface area contributed by atoms with Crippen LogP contribution in [0.2, 0.25) is 5.28 Å². The third-order valence-corrected chi connectivity index (χ3v) is 3.47. The monoisotopic (exact) mass is 295 g/mol. The first-order valence-corrected chi connectivity index (χ1v) is 7.02. The van der Waals surface area contributed by atoms with E-state index in [9.17, 15) is 4.39 Å². The predicted molar refractivity (Wildman–Crippen MR) is 78.5 cm³/mol. The van der Waals surface area contributed by atoms with Gasteiger partial charge < -0.3 is 0 Å². The second kappa shape index (κ2) is 5.52. The molecule has 0 N–H and O–H groups in total. The number of rotatable bonds is 3. The van der Waals surface area contributed by atoms with E-state index in [4.69, 9.17) is 11.6 Å². The summed E-state index contributed by atoms with van der Waals surface area (Å²) >= 11 is 6.17. The fourth-order valence-electron chi connectivity index (χ4n) is 2.23. The van der Waals surface area contributed by atoms with Gasteiger partial charge in [0.05, 0.1) is 0 Å². The molecular formula is C15H19ClFN3. The molecule has 3 nitrogen and oxygen atoms in total. The second-order valence-corrected chi connectivity index (χ2v) is 6.43. The quantitative estimate of drug-likeness (QED) is 0.851. The zero-order valence-corrected chi connectivity index (χ0v) is 12.9. The van der Waals surface area contributed by atoms with Gasteiger partial charge in [-0.2, -0.15) is 0 Å². The van der Waals surface area contributed by atoms with Crippen LogP contribution < -0.4 is 0 Å². The number of hydrogen-bond donors (Lipinski definition) is 0. The zero-order valence-electron chi connectivity index (χ0n) is 12.2. The standard InChI is InChI=1S/C15H19ClFN3/c1-10(9-11-5-7-12(17)8-6-11)20-13(15(2,3)4)18-19-14(20)16/h5-8,10H,9H2,1-4H3. The molecule has 0 radical (unpaired) electrons. The van der Waals surface area contributed by atoms with Crippen LogP contribution in [0.1, 0.15) is 45.1 Å². The third-order valence-electron chi connectivity index (χ3n) is 3.21. The largest absolute Gasteiger partial charge is 0.298 e. The van der Waals surface area contributed by atoms with Crippen LogP contribution in [0.4, 0.5) is 4.39 Å². The van der Waals surface area contributed by atoms with E-state index in [0.717, 1.165) is 17.8 Å². The van der Waals surface area contributed by atoms with Crippen molar-refractivity contribution in [2.45, 2.75) is 45.6 Å². The number of aromatic nitrogens is 3. The van der Waals surface area contributed by atoms with Crippen LogP contribution in [0.3, 0.4) is 0 Å². The lowest BCUT2D eigenvalue weighted by Crippen LogP contribution is -2.22. The Hall–Kier alpha value is -1.42. The molecule has 1 atom stereocenters. The Labute approximate surface area is 123 Å². The minimum atomic E-state index is -0.223. The molecule has 0 bridgehead atoms. The first-order valence-electron chi connectivity index (χ1n) is 6.64. The fraction of sp³-hybridized carbons (Fsp3) is 0.467. The Balaban J connectivity index is 2.27. The molecular weight excluding hydrogens is 277 g/mol. The minimum absolute atomic E-state index is 0.109. The SMILES string of the molecule is CC(Cc1ccc(F)cc1)n1c(Cl)nnc1C(C)(C)C. The number of hydrogen-bond acceptors (Lipinski definition) is 2. The molecule has 0 aliphatic heterocycles. The van der Waals surface area contributed by atoms with Crippen molar-refractivity contribution >= 4 is 11.6 Å². The van der Waals surface area contributed by atoms with Crippen molar-refractivity contribution in [3.63, 3.8) is 0 Å². The Bertz CT molecular complexity index is 584. The van der Waals surface area contributed by atoms with Crippen LogP contribution in [0.5, 0.6) is 0 Å². The van der Waals surface area contributed by atoms with Crippen molar-refractivity contribution in [3.8, 4) is 0 Å². The highest BCUT2D eigenvalue weighted by Crippen LogP contribution is 2.28. The van der Waals surface area contributed by atoms with Gasteiger partial charge in [0.15, 0.2) is 0 Å². The van der Waals surface area contributed by atoms with Crippen molar-refractivity contribution in [1.82, 2.24) is 14.8 Å². The highest BCUT2D eigenvalue weighted by atomic mass is 35.5. The van der Waals surface area contributed by atoms with Crippen LogP contribution in [0.25, 0.3) is 0 Å². The van der Waals surface area contributed by atoms with Gasteiger partial charge in [-0.05, 0) is 42.6 Å². The lowest BCUT2D eigenvalue weighted by Gasteiger charge is -2.23. The van der Waals surface area contributed by atoms with Gasteiger partial charge >= 0.3 is 0 Å². The van der Waals surface area contributed by atoms with Gasteiger partial charge in [0.25, 0.3) is 0 Å². The van der Waals surface area contributed by atoms with Gasteiger partial charge in [-0.3, -0.25) is 4.57 Å². The second-order valence-electron chi connectivity index (χ2n) is 6.09. The molecule has 2 aromatic rings. The molecule has 108 valence electrons. The van der Waals surface area contributed by atoms with E-state index in [0.29, 0.717) is 5.28 Å². The maximum Gasteiger partial charge on any atom is 0.225 e. The summed E-state index contributed by atoms with van der Waals surface area (Å²) in [6.45, 7) is 8.30. The summed E-state index contributed by atoms with van der Waals surface area (Å²) in [6, 6.07) is 6.64. The lowest BCUT2D eigenvalue weighted by molar-refractivity contribution is 0.449. The van der Waals surface area contributed by atoms with E-state index in [2.05, 4.69) is 37.9 Å². The Kier molecular flexibility index (Phi) is 4.14. The van der Waals surface area contributed by atoms with Gasteiger partial charge in [-0.15, -0.1) is 10.2 Å². The zero-order chi connectivity index (χ0) is 14.9. The molecule has 2 rings (SSSR count). The van der Waals surface area contributed by atoms with Crippen LogP contribution in [0.15, 0.2) is 24.3 Å². The smallest absolute Gasteiger partial charge is 0.225 e. The van der Waals surface area contributed by atoms with E-state index in [-0.39, 0.29) is 17.3 Å². The molecule has 1 heterocycles. The van der Waals surface area contributed by atoms with Gasteiger partial charge in [-0.1, -0.05) is 32.9 Å². The molecule has 1 aromatic carbocycles. The van der Waals surface area contributed by atoms with Crippen molar-refractivity contribution in [2.75, 3.05) is 0 Å². The topological polar surface area (TPSA) is 30.7 Å². The summed E-state index contributed by atoms with van der Waals surface area (Å²) in [6.07, 6.45) is 0.751. The molecule has 5 heteroatoms. The van der Waals surface area contributed by atoms with Crippen molar-refractivity contribution < 1.29 is 4.39 Å².